The zero-order valence-corrected chi connectivity index (χ0v) is 13.2. The first-order valence-electron chi connectivity index (χ1n) is 7.74. The SMILES string of the molecule is C[C@H](NC(=O)OCc1ccccc1)[C@H]1c2ncccc2O[C@@H]1C. The molecule has 1 N–H and O–H groups in total. The van der Waals surface area contributed by atoms with E-state index in [0.29, 0.717) is 0 Å². The summed E-state index contributed by atoms with van der Waals surface area (Å²) in [5, 5.41) is 2.88. The van der Waals surface area contributed by atoms with Gasteiger partial charge in [-0.15, -0.1) is 0 Å². The van der Waals surface area contributed by atoms with Crippen molar-refractivity contribution < 1.29 is 14.3 Å². The molecular weight excluding hydrogens is 292 g/mol. The topological polar surface area (TPSA) is 60.5 Å². The summed E-state index contributed by atoms with van der Waals surface area (Å²) in [6.45, 7) is 4.18. The van der Waals surface area contributed by atoms with E-state index in [-0.39, 0.29) is 24.7 Å². The van der Waals surface area contributed by atoms with Gasteiger partial charge in [-0.05, 0) is 31.5 Å². The third-order valence-corrected chi connectivity index (χ3v) is 4.03. The molecule has 1 aliphatic heterocycles. The molecule has 0 radical (unpaired) electrons. The number of ether oxygens (including phenoxy) is 2. The normalized spacial score (nSPS) is 20.3. The quantitative estimate of drug-likeness (QED) is 0.941. The van der Waals surface area contributed by atoms with Crippen molar-refractivity contribution in [2.75, 3.05) is 0 Å². The molecule has 3 rings (SSSR count). The molecule has 0 saturated heterocycles. The van der Waals surface area contributed by atoms with Crippen molar-refractivity contribution in [3.05, 3.63) is 59.9 Å². The van der Waals surface area contributed by atoms with Crippen LogP contribution in [0.5, 0.6) is 5.75 Å². The van der Waals surface area contributed by atoms with Gasteiger partial charge >= 0.3 is 6.09 Å². The number of hydrogen-bond acceptors (Lipinski definition) is 4. The molecule has 0 saturated carbocycles. The lowest BCUT2D eigenvalue weighted by atomic mass is 9.93. The monoisotopic (exact) mass is 312 g/mol. The van der Waals surface area contributed by atoms with E-state index in [2.05, 4.69) is 10.3 Å². The van der Waals surface area contributed by atoms with E-state index in [4.69, 9.17) is 9.47 Å². The number of alkyl carbamates (subject to hydrolysis) is 1. The van der Waals surface area contributed by atoms with Crippen LogP contribution in [0, 0.1) is 0 Å². The fourth-order valence-electron chi connectivity index (χ4n) is 2.93. The number of carbonyl (C=O) groups excluding carboxylic acids is 1. The lowest BCUT2D eigenvalue weighted by molar-refractivity contribution is 0.130. The van der Waals surface area contributed by atoms with Gasteiger partial charge < -0.3 is 14.8 Å². The van der Waals surface area contributed by atoms with E-state index < -0.39 is 6.09 Å². The molecule has 120 valence electrons. The first kappa shape index (κ1) is 15.3. The highest BCUT2D eigenvalue weighted by Crippen LogP contribution is 2.38. The molecule has 0 aliphatic carbocycles. The molecule has 3 atom stereocenters. The average Bonchev–Trinajstić information content (AvgIpc) is 2.89. The van der Waals surface area contributed by atoms with Gasteiger partial charge in [0.2, 0.25) is 0 Å². The van der Waals surface area contributed by atoms with Crippen molar-refractivity contribution >= 4 is 6.09 Å². The molecule has 5 nitrogen and oxygen atoms in total. The van der Waals surface area contributed by atoms with Crippen molar-refractivity contribution in [3.63, 3.8) is 0 Å². The number of hydrogen-bond donors (Lipinski definition) is 1. The van der Waals surface area contributed by atoms with Crippen molar-refractivity contribution in [1.29, 1.82) is 0 Å². The zero-order valence-electron chi connectivity index (χ0n) is 13.2. The summed E-state index contributed by atoms with van der Waals surface area (Å²) in [5.41, 5.74) is 1.84. The van der Waals surface area contributed by atoms with E-state index in [1.807, 2.05) is 56.3 Å². The number of benzene rings is 1. The predicted octanol–water partition coefficient (Wildman–Crippen LogP) is 3.26. The van der Waals surface area contributed by atoms with E-state index in [0.717, 1.165) is 17.0 Å². The molecule has 0 bridgehead atoms. The second kappa shape index (κ2) is 6.69. The number of fused-ring (bicyclic) bond motifs is 1. The number of amides is 1. The van der Waals surface area contributed by atoms with E-state index in [1.54, 1.807) is 6.20 Å². The molecule has 0 fully saturated rings. The van der Waals surface area contributed by atoms with E-state index in [9.17, 15) is 4.79 Å². The Balaban J connectivity index is 1.58. The molecule has 2 aromatic rings. The van der Waals surface area contributed by atoms with Crippen LogP contribution in [0.25, 0.3) is 0 Å². The van der Waals surface area contributed by atoms with Crippen LogP contribution in [0.2, 0.25) is 0 Å². The van der Waals surface area contributed by atoms with Gasteiger partial charge in [-0.2, -0.15) is 0 Å². The summed E-state index contributed by atoms with van der Waals surface area (Å²) >= 11 is 0. The number of nitrogens with one attached hydrogen (secondary N) is 1. The largest absolute Gasteiger partial charge is 0.488 e. The maximum absolute atomic E-state index is 12.0. The van der Waals surface area contributed by atoms with Crippen molar-refractivity contribution in [2.24, 2.45) is 0 Å². The predicted molar refractivity (Wildman–Crippen MR) is 86.3 cm³/mol. The summed E-state index contributed by atoms with van der Waals surface area (Å²) in [6.07, 6.45) is 1.27. The summed E-state index contributed by atoms with van der Waals surface area (Å²) in [4.78, 5) is 16.4. The van der Waals surface area contributed by atoms with Crippen LogP contribution >= 0.6 is 0 Å². The first-order chi connectivity index (χ1) is 11.1. The number of pyridine rings is 1. The summed E-state index contributed by atoms with van der Waals surface area (Å²) in [6, 6.07) is 13.2. The van der Waals surface area contributed by atoms with E-state index in [1.165, 1.54) is 0 Å². The fraction of sp³-hybridized carbons (Fsp3) is 0.333. The molecule has 1 aromatic heterocycles. The number of nitrogens with zero attached hydrogens (tertiary/aromatic N) is 1. The summed E-state index contributed by atoms with van der Waals surface area (Å²) in [7, 11) is 0. The highest BCUT2D eigenvalue weighted by atomic mass is 16.5. The second-order valence-electron chi connectivity index (χ2n) is 5.73. The van der Waals surface area contributed by atoms with Crippen LogP contribution in [-0.4, -0.2) is 23.2 Å². The van der Waals surface area contributed by atoms with Crippen molar-refractivity contribution in [1.82, 2.24) is 10.3 Å². The fourth-order valence-corrected chi connectivity index (χ4v) is 2.93. The third kappa shape index (κ3) is 3.44. The smallest absolute Gasteiger partial charge is 0.407 e. The minimum Gasteiger partial charge on any atom is -0.488 e. The van der Waals surface area contributed by atoms with Gasteiger partial charge in [0.05, 0.1) is 11.6 Å². The Hall–Kier alpha value is -2.56. The van der Waals surface area contributed by atoms with Crippen molar-refractivity contribution in [3.8, 4) is 5.75 Å². The maximum Gasteiger partial charge on any atom is 0.407 e. The van der Waals surface area contributed by atoms with Gasteiger partial charge in [-0.25, -0.2) is 4.79 Å². The molecule has 1 amide bonds. The highest BCUT2D eigenvalue weighted by molar-refractivity contribution is 5.67. The van der Waals surface area contributed by atoms with Crippen LogP contribution in [0.15, 0.2) is 48.7 Å². The van der Waals surface area contributed by atoms with Crippen molar-refractivity contribution in [2.45, 2.75) is 38.5 Å². The van der Waals surface area contributed by atoms with Gasteiger partial charge in [-0.1, -0.05) is 30.3 Å². The van der Waals surface area contributed by atoms with Crippen LogP contribution in [0.1, 0.15) is 31.0 Å². The summed E-state index contributed by atoms with van der Waals surface area (Å²) < 4.78 is 11.1. The summed E-state index contributed by atoms with van der Waals surface area (Å²) in [5.74, 6) is 0.798. The number of rotatable bonds is 4. The number of aromatic nitrogens is 1. The van der Waals surface area contributed by atoms with Gasteiger partial charge in [-0.3, -0.25) is 4.98 Å². The molecule has 0 spiro atoms. The Morgan fingerprint density at radius 1 is 1.30 bits per heavy atom. The van der Waals surface area contributed by atoms with Crippen LogP contribution in [0.4, 0.5) is 4.79 Å². The minimum atomic E-state index is -0.432. The molecule has 5 heteroatoms. The Labute approximate surface area is 135 Å². The molecular formula is C18H20N2O3. The van der Waals surface area contributed by atoms with E-state index >= 15 is 0 Å². The van der Waals surface area contributed by atoms with Gasteiger partial charge in [0.15, 0.2) is 0 Å². The lowest BCUT2D eigenvalue weighted by Gasteiger charge is -2.22. The van der Waals surface area contributed by atoms with Crippen LogP contribution in [0.3, 0.4) is 0 Å². The third-order valence-electron chi connectivity index (χ3n) is 4.03. The van der Waals surface area contributed by atoms with Crippen LogP contribution < -0.4 is 10.1 Å². The van der Waals surface area contributed by atoms with Crippen LogP contribution in [-0.2, 0) is 11.3 Å². The molecule has 1 aliphatic rings. The second-order valence-corrected chi connectivity index (χ2v) is 5.73. The highest BCUT2D eigenvalue weighted by Gasteiger charge is 2.37. The average molecular weight is 312 g/mol. The Morgan fingerprint density at radius 2 is 2.09 bits per heavy atom. The number of carbonyl (C=O) groups is 1. The Bertz CT molecular complexity index is 675. The molecule has 0 unspecified atom stereocenters. The van der Waals surface area contributed by atoms with Gasteiger partial charge in [0, 0.05) is 12.2 Å². The molecule has 23 heavy (non-hydrogen) atoms. The van der Waals surface area contributed by atoms with Gasteiger partial charge in [0.25, 0.3) is 0 Å². The maximum atomic E-state index is 12.0. The Kier molecular flexibility index (Phi) is 4.46. The molecule has 2 heterocycles. The Morgan fingerprint density at radius 3 is 2.87 bits per heavy atom. The molecule has 1 aromatic carbocycles. The van der Waals surface area contributed by atoms with Gasteiger partial charge in [0.1, 0.15) is 18.5 Å². The first-order valence-corrected chi connectivity index (χ1v) is 7.74. The minimum absolute atomic E-state index is 0.00970. The standard InChI is InChI=1S/C18H20N2O3/c1-12(16-13(2)23-15-9-6-10-19-17(15)16)20-18(21)22-11-14-7-4-3-5-8-14/h3-10,12-13,16H,11H2,1-2H3,(H,20,21)/t12-,13+,16+/m0/s1. The lowest BCUT2D eigenvalue weighted by Crippen LogP contribution is -2.40. The zero-order chi connectivity index (χ0) is 16.2.